The Bertz CT molecular complexity index is 1010. The number of nitrogens with one attached hydrogen (secondary N) is 3. The number of hydrogen-bond donors (Lipinski definition) is 3. The molecule has 0 spiro atoms. The second-order valence-electron chi connectivity index (χ2n) is 6.67. The number of carbonyl (C=O) groups is 2. The highest BCUT2D eigenvalue weighted by Gasteiger charge is 2.22. The van der Waals surface area contributed by atoms with E-state index in [4.69, 9.17) is 4.74 Å². The van der Waals surface area contributed by atoms with Gasteiger partial charge in [-0.2, -0.15) is 0 Å². The van der Waals surface area contributed by atoms with Crippen LogP contribution < -0.4 is 20.7 Å². The van der Waals surface area contributed by atoms with Crippen molar-refractivity contribution in [2.75, 3.05) is 22.6 Å². The Balaban J connectivity index is 1.87. The van der Waals surface area contributed by atoms with Crippen LogP contribution >= 0.6 is 0 Å². The number of hydrogen-bond acceptors (Lipinski definition) is 4. The molecule has 1 atom stereocenters. The molecule has 0 saturated carbocycles. The third-order valence-electron chi connectivity index (χ3n) is 4.33. The van der Waals surface area contributed by atoms with E-state index < -0.39 is 6.04 Å². The van der Waals surface area contributed by atoms with Gasteiger partial charge in [-0.05, 0) is 42.8 Å². The van der Waals surface area contributed by atoms with Crippen molar-refractivity contribution in [2.24, 2.45) is 0 Å². The zero-order valence-corrected chi connectivity index (χ0v) is 17.0. The summed E-state index contributed by atoms with van der Waals surface area (Å²) in [5.41, 5.74) is 2.79. The fourth-order valence-corrected chi connectivity index (χ4v) is 3.06. The lowest BCUT2D eigenvalue weighted by atomic mass is 10.1. The van der Waals surface area contributed by atoms with E-state index in [2.05, 4.69) is 16.0 Å². The number of carbonyl (C=O) groups excluding carboxylic acids is 2. The maximum absolute atomic E-state index is 13.2. The van der Waals surface area contributed by atoms with Crippen molar-refractivity contribution >= 4 is 28.9 Å². The highest BCUT2D eigenvalue weighted by atomic mass is 16.5. The Labute approximate surface area is 176 Å². The molecule has 3 aromatic carbocycles. The van der Waals surface area contributed by atoms with Gasteiger partial charge in [0.25, 0.3) is 5.91 Å². The van der Waals surface area contributed by atoms with Gasteiger partial charge in [0.05, 0.1) is 12.3 Å². The van der Waals surface area contributed by atoms with Crippen molar-refractivity contribution in [1.82, 2.24) is 0 Å². The predicted molar refractivity (Wildman–Crippen MR) is 120 cm³/mol. The molecule has 0 unspecified atom stereocenters. The van der Waals surface area contributed by atoms with Crippen LogP contribution in [0.5, 0.6) is 5.75 Å². The number of anilines is 3. The largest absolute Gasteiger partial charge is 0.492 e. The minimum atomic E-state index is -0.645. The minimum absolute atomic E-state index is 0.156. The molecule has 0 bridgehead atoms. The second kappa shape index (κ2) is 10.1. The first kappa shape index (κ1) is 20.9. The smallest absolute Gasteiger partial charge is 0.251 e. The lowest BCUT2D eigenvalue weighted by Crippen LogP contribution is -2.27. The molecule has 154 valence electrons. The molecule has 0 radical (unpaired) electrons. The number of benzene rings is 3. The maximum atomic E-state index is 13.2. The molecule has 0 fully saturated rings. The van der Waals surface area contributed by atoms with Crippen molar-refractivity contribution in [1.29, 1.82) is 0 Å². The van der Waals surface area contributed by atoms with Gasteiger partial charge < -0.3 is 20.7 Å². The standard InChI is InChI=1S/C24H25N3O3/c1-3-30-22-15-8-7-14-21(22)27-24(29)23(18-10-5-4-6-11-18)26-20-13-9-12-19(16-20)25-17(2)28/h4-16,23,26H,3H2,1-2H3,(H,25,28)(H,27,29)/t23-/m1/s1. The molecule has 3 N–H and O–H groups in total. The highest BCUT2D eigenvalue weighted by Crippen LogP contribution is 2.27. The molecule has 0 heterocycles. The van der Waals surface area contributed by atoms with Gasteiger partial charge >= 0.3 is 0 Å². The Morgan fingerprint density at radius 3 is 2.30 bits per heavy atom. The maximum Gasteiger partial charge on any atom is 0.251 e. The highest BCUT2D eigenvalue weighted by molar-refractivity contribution is 5.98. The van der Waals surface area contributed by atoms with E-state index in [1.54, 1.807) is 12.1 Å². The number of para-hydroxylation sites is 2. The quantitative estimate of drug-likeness (QED) is 0.503. The molecule has 3 rings (SSSR count). The third kappa shape index (κ3) is 5.61. The first-order chi connectivity index (χ1) is 14.6. The Morgan fingerprint density at radius 2 is 1.57 bits per heavy atom. The topological polar surface area (TPSA) is 79.5 Å². The fraction of sp³-hybridized carbons (Fsp3) is 0.167. The summed E-state index contributed by atoms with van der Waals surface area (Å²) in [7, 11) is 0. The van der Waals surface area contributed by atoms with Crippen LogP contribution in [0.15, 0.2) is 78.9 Å². The monoisotopic (exact) mass is 403 g/mol. The molecular formula is C24H25N3O3. The minimum Gasteiger partial charge on any atom is -0.492 e. The number of ether oxygens (including phenoxy) is 1. The molecule has 0 aliphatic carbocycles. The summed E-state index contributed by atoms with van der Waals surface area (Å²) in [5, 5.41) is 8.99. The van der Waals surface area contributed by atoms with Crippen LogP contribution in [0.4, 0.5) is 17.1 Å². The summed E-state index contributed by atoms with van der Waals surface area (Å²) in [6, 6.07) is 23.4. The van der Waals surface area contributed by atoms with E-state index in [9.17, 15) is 9.59 Å². The van der Waals surface area contributed by atoms with E-state index >= 15 is 0 Å². The zero-order chi connectivity index (χ0) is 21.3. The van der Waals surface area contributed by atoms with Crippen LogP contribution in [0.25, 0.3) is 0 Å². The van der Waals surface area contributed by atoms with Gasteiger partial charge in [0, 0.05) is 18.3 Å². The van der Waals surface area contributed by atoms with E-state index in [0.29, 0.717) is 29.4 Å². The van der Waals surface area contributed by atoms with Gasteiger partial charge in [-0.25, -0.2) is 0 Å². The van der Waals surface area contributed by atoms with Crippen LogP contribution in [-0.2, 0) is 9.59 Å². The second-order valence-corrected chi connectivity index (χ2v) is 6.67. The Hall–Kier alpha value is -3.80. The third-order valence-corrected chi connectivity index (χ3v) is 4.33. The van der Waals surface area contributed by atoms with Gasteiger partial charge in [0.2, 0.25) is 5.91 Å². The number of rotatable bonds is 8. The van der Waals surface area contributed by atoms with Gasteiger partial charge in [-0.15, -0.1) is 0 Å². The first-order valence-electron chi connectivity index (χ1n) is 9.78. The predicted octanol–water partition coefficient (Wildman–Crippen LogP) is 4.84. The lowest BCUT2D eigenvalue weighted by molar-refractivity contribution is -0.117. The molecule has 0 saturated heterocycles. The average molecular weight is 403 g/mol. The van der Waals surface area contributed by atoms with E-state index in [0.717, 1.165) is 5.56 Å². The summed E-state index contributed by atoms with van der Waals surface area (Å²) in [5.74, 6) is 0.239. The molecule has 30 heavy (non-hydrogen) atoms. The zero-order valence-electron chi connectivity index (χ0n) is 17.0. The van der Waals surface area contributed by atoms with Crippen LogP contribution in [0.1, 0.15) is 25.5 Å². The van der Waals surface area contributed by atoms with E-state index in [-0.39, 0.29) is 11.8 Å². The molecule has 3 aromatic rings. The van der Waals surface area contributed by atoms with Crippen molar-refractivity contribution in [3.05, 3.63) is 84.4 Å². The van der Waals surface area contributed by atoms with Crippen LogP contribution in [0.2, 0.25) is 0 Å². The van der Waals surface area contributed by atoms with Crippen LogP contribution in [0.3, 0.4) is 0 Å². The van der Waals surface area contributed by atoms with Crippen molar-refractivity contribution < 1.29 is 14.3 Å². The fourth-order valence-electron chi connectivity index (χ4n) is 3.06. The van der Waals surface area contributed by atoms with Gasteiger partial charge in [0.1, 0.15) is 11.8 Å². The van der Waals surface area contributed by atoms with Crippen LogP contribution in [-0.4, -0.2) is 18.4 Å². The molecular weight excluding hydrogens is 378 g/mol. The van der Waals surface area contributed by atoms with Gasteiger partial charge in [-0.3, -0.25) is 9.59 Å². The molecule has 0 aromatic heterocycles. The van der Waals surface area contributed by atoms with Gasteiger partial charge in [0.15, 0.2) is 0 Å². The summed E-state index contributed by atoms with van der Waals surface area (Å²) < 4.78 is 5.62. The van der Waals surface area contributed by atoms with Gasteiger partial charge in [-0.1, -0.05) is 48.5 Å². The van der Waals surface area contributed by atoms with Crippen molar-refractivity contribution in [3.8, 4) is 5.75 Å². The molecule has 0 aliphatic rings. The summed E-state index contributed by atoms with van der Waals surface area (Å²) in [6.07, 6.45) is 0. The average Bonchev–Trinajstić information content (AvgIpc) is 2.74. The summed E-state index contributed by atoms with van der Waals surface area (Å²) >= 11 is 0. The normalized spacial score (nSPS) is 11.3. The molecule has 6 nitrogen and oxygen atoms in total. The van der Waals surface area contributed by atoms with Crippen LogP contribution in [0, 0.1) is 0 Å². The number of amides is 2. The molecule has 6 heteroatoms. The molecule has 2 amide bonds. The Morgan fingerprint density at radius 1 is 0.867 bits per heavy atom. The SMILES string of the molecule is CCOc1ccccc1NC(=O)[C@H](Nc1cccc(NC(C)=O)c1)c1ccccc1. The summed E-state index contributed by atoms with van der Waals surface area (Å²) in [6.45, 7) is 3.86. The Kier molecular flexibility index (Phi) is 7.05. The van der Waals surface area contributed by atoms with Crippen molar-refractivity contribution in [3.63, 3.8) is 0 Å². The molecule has 0 aliphatic heterocycles. The van der Waals surface area contributed by atoms with Crippen molar-refractivity contribution in [2.45, 2.75) is 19.9 Å². The lowest BCUT2D eigenvalue weighted by Gasteiger charge is -2.21. The van der Waals surface area contributed by atoms with E-state index in [1.165, 1.54) is 6.92 Å². The van der Waals surface area contributed by atoms with E-state index in [1.807, 2.05) is 73.7 Å². The summed E-state index contributed by atoms with van der Waals surface area (Å²) in [4.78, 5) is 24.6. The first-order valence-corrected chi connectivity index (χ1v) is 9.78.